The summed E-state index contributed by atoms with van der Waals surface area (Å²) in [5.41, 5.74) is 1.96. The number of amides is 1. The predicted molar refractivity (Wildman–Crippen MR) is 131 cm³/mol. The van der Waals surface area contributed by atoms with Gasteiger partial charge < -0.3 is 5.32 Å². The molecule has 0 unspecified atom stereocenters. The number of hydrogen-bond acceptors (Lipinski definition) is 4. The molecule has 0 spiro atoms. The van der Waals surface area contributed by atoms with E-state index in [4.69, 9.17) is 0 Å². The van der Waals surface area contributed by atoms with E-state index < -0.39 is 10.0 Å². The molecule has 1 aromatic heterocycles. The van der Waals surface area contributed by atoms with E-state index in [1.807, 2.05) is 66.9 Å². The summed E-state index contributed by atoms with van der Waals surface area (Å²) in [7, 11) is -3.59. The molecule has 174 valence electrons. The van der Waals surface area contributed by atoms with E-state index in [0.29, 0.717) is 37.4 Å². The second kappa shape index (κ2) is 9.40. The number of sulfonamides is 1. The van der Waals surface area contributed by atoms with Crippen LogP contribution < -0.4 is 5.32 Å². The number of benzene rings is 3. The Kier molecular flexibility index (Phi) is 6.17. The molecule has 0 saturated carbocycles. The number of carbonyl (C=O) groups is 1. The molecule has 8 heteroatoms. The van der Waals surface area contributed by atoms with Crippen LogP contribution in [-0.2, 0) is 21.4 Å². The summed E-state index contributed by atoms with van der Waals surface area (Å²) in [6.45, 7) is 1.12. The van der Waals surface area contributed by atoms with Gasteiger partial charge in [-0.25, -0.2) is 13.1 Å². The lowest BCUT2D eigenvalue weighted by Crippen LogP contribution is -2.42. The topological polar surface area (TPSA) is 84.3 Å². The third-order valence-corrected chi connectivity index (χ3v) is 8.25. The van der Waals surface area contributed by atoms with Gasteiger partial charge in [-0.3, -0.25) is 4.79 Å². The quantitative estimate of drug-likeness (QED) is 0.461. The summed E-state index contributed by atoms with van der Waals surface area (Å²) < 4.78 is 29.6. The number of aromatic nitrogens is 2. The summed E-state index contributed by atoms with van der Waals surface area (Å²) in [5, 5.41) is 9.11. The maximum Gasteiger partial charge on any atom is 0.243 e. The first-order chi connectivity index (χ1) is 16.5. The molecule has 1 aliphatic heterocycles. The molecule has 34 heavy (non-hydrogen) atoms. The van der Waals surface area contributed by atoms with Gasteiger partial charge in [0.05, 0.1) is 10.6 Å². The fourth-order valence-electron chi connectivity index (χ4n) is 4.36. The lowest BCUT2D eigenvalue weighted by Gasteiger charge is -2.30. The molecule has 0 atom stereocenters. The number of nitrogens with zero attached hydrogens (tertiary/aromatic N) is 3. The number of fused-ring (bicyclic) bond motifs is 1. The number of piperidine rings is 1. The van der Waals surface area contributed by atoms with Crippen LogP contribution in [0.1, 0.15) is 18.4 Å². The van der Waals surface area contributed by atoms with Gasteiger partial charge in [-0.1, -0.05) is 42.5 Å². The van der Waals surface area contributed by atoms with Crippen LogP contribution >= 0.6 is 0 Å². The first-order valence-electron chi connectivity index (χ1n) is 11.4. The fraction of sp³-hybridized carbons (Fsp3) is 0.231. The van der Waals surface area contributed by atoms with Gasteiger partial charge in [0.25, 0.3) is 0 Å². The van der Waals surface area contributed by atoms with Gasteiger partial charge in [0.1, 0.15) is 0 Å². The number of carbonyl (C=O) groups excluding carboxylic acids is 1. The van der Waals surface area contributed by atoms with E-state index in [2.05, 4.69) is 10.4 Å². The molecule has 3 aromatic carbocycles. The lowest BCUT2D eigenvalue weighted by molar-refractivity contribution is -0.126. The van der Waals surface area contributed by atoms with E-state index in [-0.39, 0.29) is 11.8 Å². The normalized spacial score (nSPS) is 15.4. The van der Waals surface area contributed by atoms with Crippen molar-refractivity contribution in [2.75, 3.05) is 13.1 Å². The first kappa shape index (κ1) is 22.3. The van der Waals surface area contributed by atoms with E-state index in [1.165, 1.54) is 4.31 Å². The largest absolute Gasteiger partial charge is 0.352 e. The second-order valence-corrected chi connectivity index (χ2v) is 10.5. The Morgan fingerprint density at radius 1 is 0.941 bits per heavy atom. The van der Waals surface area contributed by atoms with Crippen LogP contribution in [0.4, 0.5) is 0 Å². The number of hydrogen-bond donors (Lipinski definition) is 1. The molecule has 0 bridgehead atoms. The number of nitrogens with one attached hydrogen (secondary N) is 1. The molecule has 0 radical (unpaired) electrons. The van der Waals surface area contributed by atoms with Gasteiger partial charge in [-0.2, -0.15) is 9.40 Å². The molecule has 4 aromatic rings. The van der Waals surface area contributed by atoms with Gasteiger partial charge in [0, 0.05) is 37.9 Å². The van der Waals surface area contributed by atoms with Crippen LogP contribution in [0.25, 0.3) is 16.5 Å². The molecule has 2 heterocycles. The molecule has 0 aliphatic carbocycles. The lowest BCUT2D eigenvalue weighted by atomic mass is 9.97. The molecule has 1 N–H and O–H groups in total. The van der Waals surface area contributed by atoms with Crippen molar-refractivity contribution in [1.29, 1.82) is 0 Å². The average molecular weight is 475 g/mol. The van der Waals surface area contributed by atoms with E-state index >= 15 is 0 Å². The minimum atomic E-state index is -3.59. The Morgan fingerprint density at radius 2 is 1.68 bits per heavy atom. The molecule has 1 saturated heterocycles. The Hall–Kier alpha value is -3.49. The van der Waals surface area contributed by atoms with Crippen LogP contribution in [-0.4, -0.2) is 41.5 Å². The zero-order chi connectivity index (χ0) is 23.5. The zero-order valence-corrected chi connectivity index (χ0v) is 19.5. The Balaban J connectivity index is 1.16. The van der Waals surface area contributed by atoms with Crippen molar-refractivity contribution >= 4 is 26.7 Å². The van der Waals surface area contributed by atoms with Crippen molar-refractivity contribution in [2.45, 2.75) is 24.3 Å². The van der Waals surface area contributed by atoms with Crippen molar-refractivity contribution in [3.05, 3.63) is 90.8 Å². The average Bonchev–Trinajstić information content (AvgIpc) is 3.42. The molecular formula is C26H26N4O3S. The zero-order valence-electron chi connectivity index (χ0n) is 18.7. The Bertz CT molecular complexity index is 1390. The summed E-state index contributed by atoms with van der Waals surface area (Å²) >= 11 is 0. The van der Waals surface area contributed by atoms with Gasteiger partial charge in [-0.05, 0) is 59.5 Å². The molecule has 1 fully saturated rings. The molecular weight excluding hydrogens is 448 g/mol. The third-order valence-electron chi connectivity index (χ3n) is 6.36. The summed E-state index contributed by atoms with van der Waals surface area (Å²) in [6, 6.07) is 22.7. The monoisotopic (exact) mass is 474 g/mol. The molecule has 1 aliphatic rings. The van der Waals surface area contributed by atoms with Gasteiger partial charge in [0.15, 0.2) is 0 Å². The van der Waals surface area contributed by atoms with Gasteiger partial charge in [-0.15, -0.1) is 0 Å². The van der Waals surface area contributed by atoms with E-state index in [0.717, 1.165) is 22.0 Å². The highest BCUT2D eigenvalue weighted by Gasteiger charge is 2.32. The highest BCUT2D eigenvalue weighted by Crippen LogP contribution is 2.26. The Morgan fingerprint density at radius 3 is 2.38 bits per heavy atom. The summed E-state index contributed by atoms with van der Waals surface area (Å²) in [4.78, 5) is 13.0. The maximum atomic E-state index is 13.2. The van der Waals surface area contributed by atoms with Crippen LogP contribution in [0, 0.1) is 5.92 Å². The molecule has 7 nitrogen and oxygen atoms in total. The number of rotatable bonds is 6. The van der Waals surface area contributed by atoms with Crippen LogP contribution in [0.5, 0.6) is 0 Å². The summed E-state index contributed by atoms with van der Waals surface area (Å²) in [6.07, 6.45) is 4.63. The highest BCUT2D eigenvalue weighted by molar-refractivity contribution is 7.89. The summed E-state index contributed by atoms with van der Waals surface area (Å²) in [5.74, 6) is -0.217. The van der Waals surface area contributed by atoms with E-state index in [9.17, 15) is 13.2 Å². The van der Waals surface area contributed by atoms with Gasteiger partial charge in [0.2, 0.25) is 15.9 Å². The Labute approximate surface area is 199 Å². The highest BCUT2D eigenvalue weighted by atomic mass is 32.2. The first-order valence-corrected chi connectivity index (χ1v) is 12.8. The van der Waals surface area contributed by atoms with Crippen molar-refractivity contribution in [3.8, 4) is 5.69 Å². The minimum absolute atomic E-state index is 0.0288. The SMILES string of the molecule is O=C(NCc1ccc(-n2cccn2)cc1)C1CCN(S(=O)(=O)c2ccc3ccccc3c2)CC1. The van der Waals surface area contributed by atoms with E-state index in [1.54, 1.807) is 23.0 Å². The van der Waals surface area contributed by atoms with Crippen LogP contribution in [0.3, 0.4) is 0 Å². The van der Waals surface area contributed by atoms with Crippen molar-refractivity contribution in [2.24, 2.45) is 5.92 Å². The van der Waals surface area contributed by atoms with Crippen LogP contribution in [0.2, 0.25) is 0 Å². The maximum absolute atomic E-state index is 13.2. The molecule has 1 amide bonds. The molecule has 5 rings (SSSR count). The minimum Gasteiger partial charge on any atom is -0.352 e. The standard InChI is InChI=1S/C26H26N4O3S/c31-26(27-19-20-6-9-24(10-7-20)30-15-3-14-28-30)22-12-16-29(17-13-22)34(32,33)25-11-8-21-4-1-2-5-23(21)18-25/h1-11,14-15,18,22H,12-13,16-17,19H2,(H,27,31). The predicted octanol–water partition coefficient (Wildman–Crippen LogP) is 3.74. The fourth-order valence-corrected chi connectivity index (χ4v) is 5.86. The van der Waals surface area contributed by atoms with Crippen molar-refractivity contribution in [1.82, 2.24) is 19.4 Å². The second-order valence-electron chi connectivity index (χ2n) is 8.52. The smallest absolute Gasteiger partial charge is 0.243 e. The van der Waals surface area contributed by atoms with Crippen molar-refractivity contribution < 1.29 is 13.2 Å². The van der Waals surface area contributed by atoms with Gasteiger partial charge >= 0.3 is 0 Å². The third kappa shape index (κ3) is 4.60. The van der Waals surface area contributed by atoms with Crippen LogP contribution in [0.15, 0.2) is 90.1 Å². The van der Waals surface area contributed by atoms with Crippen molar-refractivity contribution in [3.63, 3.8) is 0 Å².